The van der Waals surface area contributed by atoms with Gasteiger partial charge in [-0.3, -0.25) is 0 Å². The summed E-state index contributed by atoms with van der Waals surface area (Å²) in [5, 5.41) is 0. The zero-order valence-electron chi connectivity index (χ0n) is 9.34. The second kappa shape index (κ2) is 5.21. The molecule has 0 aliphatic carbocycles. The van der Waals surface area contributed by atoms with E-state index in [-0.39, 0.29) is 0 Å². The van der Waals surface area contributed by atoms with Crippen LogP contribution in [0.5, 0.6) is 5.75 Å². The minimum Gasteiger partial charge on any atom is -0.494 e. The molecule has 0 radical (unpaired) electrons. The van der Waals surface area contributed by atoms with Crippen LogP contribution in [0, 0.1) is 0 Å². The topological polar surface area (TPSA) is 12.5 Å². The largest absolute Gasteiger partial charge is 0.494 e. The van der Waals surface area contributed by atoms with Gasteiger partial charge < -0.3 is 9.64 Å². The fourth-order valence-electron chi connectivity index (χ4n) is 1.52. The number of benzene rings is 1. The highest BCUT2D eigenvalue weighted by Gasteiger charge is 2.00. The van der Waals surface area contributed by atoms with Crippen LogP contribution in [0.25, 0.3) is 0 Å². The number of nitrogens with zero attached hydrogens (tertiary/aromatic N) is 1. The Bertz CT molecular complexity index is 399. The quantitative estimate of drug-likeness (QED) is 0.762. The van der Waals surface area contributed by atoms with Gasteiger partial charge in [-0.25, -0.2) is 0 Å². The first-order chi connectivity index (χ1) is 7.90. The molecule has 0 saturated heterocycles. The summed E-state index contributed by atoms with van der Waals surface area (Å²) in [6.07, 6.45) is 12.1. The third kappa shape index (κ3) is 2.54. The lowest BCUT2D eigenvalue weighted by atomic mass is 10.3. The minimum absolute atomic E-state index is 0.701. The number of hydrogen-bond acceptors (Lipinski definition) is 2. The average molecular weight is 213 g/mol. The fraction of sp³-hybridized carbons (Fsp3) is 0.143. The van der Waals surface area contributed by atoms with E-state index in [4.69, 9.17) is 4.74 Å². The molecule has 1 heterocycles. The molecule has 0 fully saturated rings. The number of hydrogen-bond donors (Lipinski definition) is 0. The van der Waals surface area contributed by atoms with Gasteiger partial charge in [0.2, 0.25) is 0 Å². The average Bonchev–Trinajstić information content (AvgIpc) is 2.59. The van der Waals surface area contributed by atoms with Crippen LogP contribution in [0.2, 0.25) is 0 Å². The van der Waals surface area contributed by atoms with Crippen molar-refractivity contribution in [3.8, 4) is 5.75 Å². The van der Waals surface area contributed by atoms with Gasteiger partial charge in [0.05, 0.1) is 6.61 Å². The number of ether oxygens (including phenoxy) is 1. The van der Waals surface area contributed by atoms with Gasteiger partial charge in [0.1, 0.15) is 5.75 Å². The molecule has 0 bridgehead atoms. The van der Waals surface area contributed by atoms with E-state index in [1.165, 1.54) is 0 Å². The van der Waals surface area contributed by atoms with Gasteiger partial charge in [-0.05, 0) is 43.3 Å². The molecule has 1 aromatic rings. The van der Waals surface area contributed by atoms with E-state index in [0.29, 0.717) is 6.61 Å². The third-order valence-electron chi connectivity index (χ3n) is 2.27. The van der Waals surface area contributed by atoms with Crippen molar-refractivity contribution in [3.63, 3.8) is 0 Å². The van der Waals surface area contributed by atoms with Crippen LogP contribution in [0.15, 0.2) is 61.0 Å². The van der Waals surface area contributed by atoms with Gasteiger partial charge >= 0.3 is 0 Å². The maximum Gasteiger partial charge on any atom is 0.119 e. The van der Waals surface area contributed by atoms with Crippen molar-refractivity contribution in [3.05, 3.63) is 61.0 Å². The molecule has 1 aromatic carbocycles. The van der Waals surface area contributed by atoms with Gasteiger partial charge in [-0.1, -0.05) is 12.2 Å². The highest BCUT2D eigenvalue weighted by atomic mass is 16.5. The zero-order chi connectivity index (χ0) is 11.2. The number of rotatable bonds is 3. The second-order valence-corrected chi connectivity index (χ2v) is 3.40. The molecular weight excluding hydrogens is 198 g/mol. The van der Waals surface area contributed by atoms with Crippen LogP contribution in [-0.4, -0.2) is 6.61 Å². The van der Waals surface area contributed by atoms with Gasteiger partial charge in [0.15, 0.2) is 0 Å². The Morgan fingerprint density at radius 3 is 2.12 bits per heavy atom. The second-order valence-electron chi connectivity index (χ2n) is 3.40. The fourth-order valence-corrected chi connectivity index (χ4v) is 1.52. The molecular formula is C14H15NO. The first kappa shape index (κ1) is 10.6. The van der Waals surface area contributed by atoms with Crippen molar-refractivity contribution in [1.82, 2.24) is 0 Å². The van der Waals surface area contributed by atoms with Crippen molar-refractivity contribution in [2.75, 3.05) is 11.5 Å². The van der Waals surface area contributed by atoms with Crippen molar-refractivity contribution in [2.45, 2.75) is 6.92 Å². The maximum atomic E-state index is 5.41. The third-order valence-corrected chi connectivity index (χ3v) is 2.27. The molecule has 2 rings (SSSR count). The van der Waals surface area contributed by atoms with Crippen molar-refractivity contribution < 1.29 is 4.74 Å². The molecule has 0 atom stereocenters. The summed E-state index contributed by atoms with van der Waals surface area (Å²) in [4.78, 5) is 2.07. The van der Waals surface area contributed by atoms with Crippen LogP contribution < -0.4 is 9.64 Å². The van der Waals surface area contributed by atoms with Gasteiger partial charge in [-0.2, -0.15) is 0 Å². The highest BCUT2D eigenvalue weighted by Crippen LogP contribution is 2.20. The molecule has 0 amide bonds. The van der Waals surface area contributed by atoms with Gasteiger partial charge in [-0.15, -0.1) is 0 Å². The van der Waals surface area contributed by atoms with Gasteiger partial charge in [0, 0.05) is 18.1 Å². The monoisotopic (exact) mass is 213 g/mol. The minimum atomic E-state index is 0.701. The molecule has 1 aliphatic heterocycles. The Kier molecular flexibility index (Phi) is 3.44. The predicted molar refractivity (Wildman–Crippen MR) is 67.5 cm³/mol. The van der Waals surface area contributed by atoms with E-state index in [0.717, 1.165) is 11.4 Å². The summed E-state index contributed by atoms with van der Waals surface area (Å²) in [7, 11) is 0. The lowest BCUT2D eigenvalue weighted by Gasteiger charge is -2.15. The molecule has 0 spiro atoms. The van der Waals surface area contributed by atoms with Crippen molar-refractivity contribution in [1.29, 1.82) is 0 Å². The van der Waals surface area contributed by atoms with Crippen LogP contribution in [-0.2, 0) is 0 Å². The van der Waals surface area contributed by atoms with E-state index in [2.05, 4.69) is 4.90 Å². The molecule has 0 saturated carbocycles. The normalized spacial score (nSPS) is 13.9. The van der Waals surface area contributed by atoms with Crippen LogP contribution in [0.3, 0.4) is 0 Å². The van der Waals surface area contributed by atoms with Crippen LogP contribution >= 0.6 is 0 Å². The summed E-state index contributed by atoms with van der Waals surface area (Å²) in [6, 6.07) is 8.06. The molecule has 0 N–H and O–H groups in total. The summed E-state index contributed by atoms with van der Waals surface area (Å²) in [5.74, 6) is 0.909. The molecule has 1 aliphatic rings. The predicted octanol–water partition coefficient (Wildman–Crippen LogP) is 3.49. The van der Waals surface area contributed by atoms with E-state index in [1.807, 2.05) is 67.9 Å². The first-order valence-electron chi connectivity index (χ1n) is 5.43. The summed E-state index contributed by atoms with van der Waals surface area (Å²) < 4.78 is 5.41. The van der Waals surface area contributed by atoms with Gasteiger partial charge in [0.25, 0.3) is 0 Å². The Labute approximate surface area is 96.1 Å². The highest BCUT2D eigenvalue weighted by molar-refractivity contribution is 5.55. The summed E-state index contributed by atoms with van der Waals surface area (Å²) >= 11 is 0. The van der Waals surface area contributed by atoms with Crippen LogP contribution in [0.1, 0.15) is 6.92 Å². The van der Waals surface area contributed by atoms with E-state index in [9.17, 15) is 0 Å². The smallest absolute Gasteiger partial charge is 0.119 e. The molecule has 0 aromatic heterocycles. The summed E-state index contributed by atoms with van der Waals surface area (Å²) in [5.41, 5.74) is 1.12. The molecule has 0 unspecified atom stereocenters. The number of allylic oxidation sites excluding steroid dienone is 4. The Morgan fingerprint density at radius 2 is 1.56 bits per heavy atom. The Balaban J connectivity index is 2.15. The molecule has 2 heteroatoms. The van der Waals surface area contributed by atoms with E-state index < -0.39 is 0 Å². The maximum absolute atomic E-state index is 5.41. The van der Waals surface area contributed by atoms with Crippen molar-refractivity contribution in [2.24, 2.45) is 0 Å². The summed E-state index contributed by atoms with van der Waals surface area (Å²) in [6.45, 7) is 2.69. The van der Waals surface area contributed by atoms with Crippen molar-refractivity contribution >= 4 is 5.69 Å². The first-order valence-corrected chi connectivity index (χ1v) is 5.43. The lowest BCUT2D eigenvalue weighted by molar-refractivity contribution is 0.340. The Hall–Kier alpha value is -1.96. The standard InChI is InChI=1S/C14H15NO/c1-2-16-14-9-7-13(8-10-14)15-11-5-3-4-6-12-15/h3-12H,2H2,1H3. The SMILES string of the molecule is CCOc1ccc(N2C=CC=CC=C2)cc1. The Morgan fingerprint density at radius 1 is 0.938 bits per heavy atom. The lowest BCUT2D eigenvalue weighted by Crippen LogP contribution is -2.05. The zero-order valence-corrected chi connectivity index (χ0v) is 9.34. The number of anilines is 1. The van der Waals surface area contributed by atoms with Crippen LogP contribution in [0.4, 0.5) is 5.69 Å². The van der Waals surface area contributed by atoms with E-state index in [1.54, 1.807) is 0 Å². The molecule has 82 valence electrons. The molecule has 16 heavy (non-hydrogen) atoms. The van der Waals surface area contributed by atoms with E-state index >= 15 is 0 Å². The molecule has 2 nitrogen and oxygen atoms in total.